The summed E-state index contributed by atoms with van der Waals surface area (Å²) in [6.07, 6.45) is 13.5. The Morgan fingerprint density at radius 2 is 1.22 bits per heavy atom. The Kier molecular flexibility index (Phi) is 18.7. The van der Waals surface area contributed by atoms with Gasteiger partial charge in [0, 0.05) is 11.1 Å². The van der Waals surface area contributed by atoms with Gasteiger partial charge in [0.15, 0.2) is 0 Å². The van der Waals surface area contributed by atoms with Crippen LogP contribution in [0.5, 0.6) is 5.75 Å². The Morgan fingerprint density at radius 1 is 0.690 bits per heavy atom. The van der Waals surface area contributed by atoms with Crippen molar-refractivity contribution in [2.75, 3.05) is 39.6 Å². The third-order valence-corrected chi connectivity index (χ3v) is 11.7. The van der Waals surface area contributed by atoms with E-state index in [-0.39, 0.29) is 19.8 Å². The lowest BCUT2D eigenvalue weighted by molar-refractivity contribution is -0.139. The van der Waals surface area contributed by atoms with E-state index in [0.29, 0.717) is 48.5 Å². The number of aryl methyl sites for hydroxylation is 3. The van der Waals surface area contributed by atoms with Gasteiger partial charge in [0.1, 0.15) is 12.4 Å². The molecule has 58 heavy (non-hydrogen) atoms. The van der Waals surface area contributed by atoms with Crippen LogP contribution < -0.4 is 4.74 Å². The molecule has 0 radical (unpaired) electrons. The summed E-state index contributed by atoms with van der Waals surface area (Å²) >= 11 is 0. The lowest BCUT2D eigenvalue weighted by atomic mass is 9.77. The Hall–Kier alpha value is -4.24. The second-order valence-corrected chi connectivity index (χ2v) is 16.5. The lowest BCUT2D eigenvalue weighted by Crippen LogP contribution is -2.40. The molecule has 3 aromatic rings. The molecule has 0 unspecified atom stereocenters. The van der Waals surface area contributed by atoms with Gasteiger partial charge in [-0.1, -0.05) is 95.2 Å². The molecule has 0 aromatic heterocycles. The largest absolute Gasteiger partial charge is 0.492 e. The fraction of sp³-hybridized carbons (Fsp3) is 0.520. The number of carbonyl (C=O) groups excluding carboxylic acids is 2. The fourth-order valence-electron chi connectivity index (χ4n) is 7.84. The molecule has 1 aliphatic carbocycles. The predicted molar refractivity (Wildman–Crippen MR) is 233 cm³/mol. The summed E-state index contributed by atoms with van der Waals surface area (Å²) in [7, 11) is 0. The van der Waals surface area contributed by atoms with Crippen LogP contribution in [0.25, 0.3) is 22.3 Å². The molecule has 8 heteroatoms. The van der Waals surface area contributed by atoms with Crippen LogP contribution >= 0.6 is 0 Å². The highest BCUT2D eigenvalue weighted by molar-refractivity contribution is 5.87. The molecule has 3 N–H and O–H groups in total. The first kappa shape index (κ1) is 46.4. The number of unbranched alkanes of at least 4 members (excludes halogenated alkanes) is 2. The molecule has 0 atom stereocenters. The van der Waals surface area contributed by atoms with Crippen molar-refractivity contribution < 1.29 is 39.1 Å². The molecule has 0 saturated heterocycles. The maximum atomic E-state index is 12.1. The topological polar surface area (TPSA) is 123 Å². The van der Waals surface area contributed by atoms with Crippen LogP contribution in [0.15, 0.2) is 78.9 Å². The van der Waals surface area contributed by atoms with Crippen LogP contribution in [0.2, 0.25) is 0 Å². The minimum atomic E-state index is -1.25. The fourth-order valence-corrected chi connectivity index (χ4v) is 7.84. The number of aliphatic hydroxyl groups excluding tert-OH is 3. The van der Waals surface area contributed by atoms with Crippen LogP contribution in [0.3, 0.4) is 0 Å². The standard InChI is InChI=1S/C50H68O8/c1-7-9-10-13-37-16-18-39(19-17-37)40-20-22-41(23-21-40)42-24-25-46(38(8-2)28-42)45-29-43(14-11-26-56-48(54)35(3)4)47(58-34-50(31-51,32-52)33-53)44(30-45)15-12-27-57-49(55)36(5)6/h20-25,28-30,37,39,51-53H,3,5,7-19,26-27,31-34H2,1-2,4,6H3. The number of rotatable bonds is 24. The molecule has 0 amide bonds. The molecule has 1 saturated carbocycles. The van der Waals surface area contributed by atoms with Crippen LogP contribution in [0.4, 0.5) is 0 Å². The van der Waals surface area contributed by atoms with Crippen molar-refractivity contribution in [3.05, 3.63) is 101 Å². The normalized spacial score (nSPS) is 15.5. The number of hydrogen-bond donors (Lipinski definition) is 3. The first-order chi connectivity index (χ1) is 28.0. The van der Waals surface area contributed by atoms with Crippen molar-refractivity contribution in [2.45, 2.75) is 117 Å². The van der Waals surface area contributed by atoms with Crippen LogP contribution in [-0.2, 0) is 38.3 Å². The maximum absolute atomic E-state index is 12.1. The zero-order valence-corrected chi connectivity index (χ0v) is 35.6. The van der Waals surface area contributed by atoms with Gasteiger partial charge in [-0.15, -0.1) is 0 Å². The molecular weight excluding hydrogens is 729 g/mol. The van der Waals surface area contributed by atoms with E-state index in [2.05, 4.69) is 81.6 Å². The SMILES string of the molecule is C=C(C)C(=O)OCCCc1cc(-c2ccc(-c3ccc(C4CCC(CCCCC)CC4)cc3)cc2CC)cc(CCCOC(=O)C(=C)C)c1OCC(CO)(CO)CO. The van der Waals surface area contributed by atoms with Gasteiger partial charge in [-0.05, 0) is 140 Å². The summed E-state index contributed by atoms with van der Waals surface area (Å²) in [6, 6.07) is 20.0. The third kappa shape index (κ3) is 13.1. The molecule has 0 aliphatic heterocycles. The van der Waals surface area contributed by atoms with Gasteiger partial charge in [-0.25, -0.2) is 9.59 Å². The van der Waals surface area contributed by atoms with Crippen LogP contribution in [-0.4, -0.2) is 66.9 Å². The highest BCUT2D eigenvalue weighted by atomic mass is 16.5. The summed E-state index contributed by atoms with van der Waals surface area (Å²) in [6.45, 7) is 13.9. The molecule has 3 aromatic carbocycles. The summed E-state index contributed by atoms with van der Waals surface area (Å²) < 4.78 is 17.3. The number of aliphatic hydroxyl groups is 3. The summed E-state index contributed by atoms with van der Waals surface area (Å²) in [5.74, 6) is 1.21. The predicted octanol–water partition coefficient (Wildman–Crippen LogP) is 9.88. The molecule has 8 nitrogen and oxygen atoms in total. The minimum Gasteiger partial charge on any atom is -0.492 e. The van der Waals surface area contributed by atoms with E-state index in [9.17, 15) is 24.9 Å². The monoisotopic (exact) mass is 796 g/mol. The van der Waals surface area contributed by atoms with Crippen molar-refractivity contribution in [2.24, 2.45) is 11.3 Å². The Morgan fingerprint density at radius 3 is 1.72 bits per heavy atom. The number of carbonyl (C=O) groups is 2. The van der Waals surface area contributed by atoms with Crippen LogP contribution in [0, 0.1) is 11.3 Å². The molecule has 1 fully saturated rings. The van der Waals surface area contributed by atoms with Crippen molar-refractivity contribution in [3.8, 4) is 28.0 Å². The third-order valence-electron chi connectivity index (χ3n) is 11.7. The highest BCUT2D eigenvalue weighted by Crippen LogP contribution is 2.40. The van der Waals surface area contributed by atoms with Gasteiger partial charge >= 0.3 is 11.9 Å². The van der Waals surface area contributed by atoms with E-state index in [4.69, 9.17) is 14.2 Å². The van der Waals surface area contributed by atoms with Crippen molar-refractivity contribution in [1.82, 2.24) is 0 Å². The summed E-state index contributed by atoms with van der Waals surface area (Å²) in [4.78, 5) is 24.3. The van der Waals surface area contributed by atoms with Gasteiger partial charge in [0.25, 0.3) is 0 Å². The van der Waals surface area contributed by atoms with Gasteiger partial charge in [-0.3, -0.25) is 0 Å². The van der Waals surface area contributed by atoms with E-state index in [0.717, 1.165) is 34.6 Å². The van der Waals surface area contributed by atoms with Gasteiger partial charge in [0.05, 0.1) is 38.4 Å². The summed E-state index contributed by atoms with van der Waals surface area (Å²) in [5, 5.41) is 30.3. The number of hydrogen-bond acceptors (Lipinski definition) is 8. The molecule has 0 bridgehead atoms. The smallest absolute Gasteiger partial charge is 0.333 e. The van der Waals surface area contributed by atoms with Gasteiger partial charge in [0.2, 0.25) is 0 Å². The molecule has 0 heterocycles. The zero-order valence-electron chi connectivity index (χ0n) is 35.6. The maximum Gasteiger partial charge on any atom is 0.333 e. The highest BCUT2D eigenvalue weighted by Gasteiger charge is 2.30. The van der Waals surface area contributed by atoms with Gasteiger partial charge in [-0.2, -0.15) is 0 Å². The van der Waals surface area contributed by atoms with E-state index in [1.165, 1.54) is 73.6 Å². The number of benzene rings is 3. The molecule has 0 spiro atoms. The minimum absolute atomic E-state index is 0.126. The zero-order chi connectivity index (χ0) is 42.1. The van der Waals surface area contributed by atoms with Crippen LogP contribution in [0.1, 0.15) is 120 Å². The van der Waals surface area contributed by atoms with Crippen molar-refractivity contribution in [3.63, 3.8) is 0 Å². The number of ether oxygens (including phenoxy) is 3. The second kappa shape index (κ2) is 23.4. The molecule has 1 aliphatic rings. The van der Waals surface area contributed by atoms with E-state index < -0.39 is 37.2 Å². The lowest BCUT2D eigenvalue weighted by Gasteiger charge is -2.29. The first-order valence-corrected chi connectivity index (χ1v) is 21.5. The number of esters is 2. The van der Waals surface area contributed by atoms with Crippen molar-refractivity contribution >= 4 is 11.9 Å². The molecular formula is C50H68O8. The van der Waals surface area contributed by atoms with Crippen molar-refractivity contribution in [1.29, 1.82) is 0 Å². The van der Waals surface area contributed by atoms with E-state index in [1.807, 2.05) is 0 Å². The first-order valence-electron chi connectivity index (χ1n) is 21.5. The average molecular weight is 797 g/mol. The molecule has 316 valence electrons. The Labute approximate surface area is 347 Å². The molecule has 4 rings (SSSR count). The quantitative estimate of drug-likeness (QED) is 0.0466. The van der Waals surface area contributed by atoms with E-state index >= 15 is 0 Å². The Bertz CT molecular complexity index is 1730. The van der Waals surface area contributed by atoms with E-state index in [1.54, 1.807) is 13.8 Å². The van der Waals surface area contributed by atoms with Gasteiger partial charge < -0.3 is 29.5 Å². The average Bonchev–Trinajstić information content (AvgIpc) is 3.24. The summed E-state index contributed by atoms with van der Waals surface area (Å²) in [5.41, 5.74) is 8.21. The second-order valence-electron chi connectivity index (χ2n) is 16.5. The Balaban J connectivity index is 1.65.